The fraction of sp³-hybridized carbons (Fsp3) is 0. The third kappa shape index (κ3) is 1.77. The lowest BCUT2D eigenvalue weighted by Crippen LogP contribution is -1.91. The quantitative estimate of drug-likeness (QED) is 0.616. The van der Waals surface area contributed by atoms with Crippen molar-refractivity contribution in [3.8, 4) is 10.6 Å². The molecular formula is C8H6N4O2S. The van der Waals surface area contributed by atoms with Crippen molar-refractivity contribution in [2.75, 3.05) is 5.73 Å². The number of nitro groups is 1. The molecule has 0 saturated carbocycles. The SMILES string of the molecule is Nc1nsc(-c2ccccc2[N+](=O)[O-])n1. The Kier molecular flexibility index (Phi) is 2.30. The normalized spacial score (nSPS) is 10.1. The van der Waals surface area contributed by atoms with Gasteiger partial charge in [0.25, 0.3) is 5.69 Å². The van der Waals surface area contributed by atoms with Crippen LogP contribution in [0.4, 0.5) is 11.6 Å². The van der Waals surface area contributed by atoms with Crippen molar-refractivity contribution in [1.82, 2.24) is 9.36 Å². The molecule has 0 saturated heterocycles. The Bertz CT molecular complexity index is 511. The number of rotatable bonds is 2. The standard InChI is InChI=1S/C8H6N4O2S/c9-8-10-7(15-11-8)5-3-1-2-4-6(5)12(13)14/h1-4H,(H2,9,11). The van der Waals surface area contributed by atoms with Gasteiger partial charge < -0.3 is 5.73 Å². The molecule has 0 aliphatic heterocycles. The number of nitrogens with two attached hydrogens (primary N) is 1. The lowest BCUT2D eigenvalue weighted by molar-refractivity contribution is -0.384. The highest BCUT2D eigenvalue weighted by molar-refractivity contribution is 7.09. The fourth-order valence-electron chi connectivity index (χ4n) is 1.16. The van der Waals surface area contributed by atoms with E-state index in [0.717, 1.165) is 11.5 Å². The summed E-state index contributed by atoms with van der Waals surface area (Å²) in [6.07, 6.45) is 0. The van der Waals surface area contributed by atoms with Crippen molar-refractivity contribution in [3.05, 3.63) is 34.4 Å². The predicted octanol–water partition coefficient (Wildman–Crippen LogP) is 1.70. The molecule has 0 atom stereocenters. The monoisotopic (exact) mass is 222 g/mol. The molecule has 2 rings (SSSR count). The maximum Gasteiger partial charge on any atom is 0.279 e. The summed E-state index contributed by atoms with van der Waals surface area (Å²) in [5.41, 5.74) is 5.81. The summed E-state index contributed by atoms with van der Waals surface area (Å²) in [6.45, 7) is 0. The third-order valence-electron chi connectivity index (χ3n) is 1.77. The number of aromatic nitrogens is 2. The first-order chi connectivity index (χ1) is 7.18. The Morgan fingerprint density at radius 3 is 2.73 bits per heavy atom. The number of para-hydroxylation sites is 1. The van der Waals surface area contributed by atoms with Crippen molar-refractivity contribution < 1.29 is 4.92 Å². The first kappa shape index (κ1) is 9.53. The summed E-state index contributed by atoms with van der Waals surface area (Å²) in [7, 11) is 0. The highest BCUT2D eigenvalue weighted by Crippen LogP contribution is 2.30. The van der Waals surface area contributed by atoms with Gasteiger partial charge in [0.15, 0.2) is 5.01 Å². The number of hydrogen-bond donors (Lipinski definition) is 1. The molecule has 1 heterocycles. The second-order valence-corrected chi connectivity index (χ2v) is 3.48. The van der Waals surface area contributed by atoms with E-state index in [9.17, 15) is 10.1 Å². The topological polar surface area (TPSA) is 94.9 Å². The Balaban J connectivity index is 2.57. The zero-order valence-electron chi connectivity index (χ0n) is 7.45. The van der Waals surface area contributed by atoms with Gasteiger partial charge >= 0.3 is 0 Å². The highest BCUT2D eigenvalue weighted by atomic mass is 32.1. The van der Waals surface area contributed by atoms with Crippen LogP contribution in [0.1, 0.15) is 0 Å². The Morgan fingerprint density at radius 1 is 1.40 bits per heavy atom. The lowest BCUT2D eigenvalue weighted by atomic mass is 10.2. The second kappa shape index (κ2) is 3.62. The summed E-state index contributed by atoms with van der Waals surface area (Å²) in [6, 6.07) is 6.36. The van der Waals surface area contributed by atoms with Gasteiger partial charge in [0.1, 0.15) is 0 Å². The zero-order valence-corrected chi connectivity index (χ0v) is 8.27. The Hall–Kier alpha value is -2.02. The van der Waals surface area contributed by atoms with Crippen LogP contribution in [0.2, 0.25) is 0 Å². The number of benzene rings is 1. The molecule has 2 aromatic rings. The highest BCUT2D eigenvalue weighted by Gasteiger charge is 2.16. The molecule has 6 nitrogen and oxygen atoms in total. The van der Waals surface area contributed by atoms with Gasteiger partial charge in [-0.1, -0.05) is 12.1 Å². The van der Waals surface area contributed by atoms with Gasteiger partial charge in [-0.25, -0.2) is 0 Å². The van der Waals surface area contributed by atoms with E-state index in [4.69, 9.17) is 5.73 Å². The minimum Gasteiger partial charge on any atom is -0.367 e. The largest absolute Gasteiger partial charge is 0.367 e. The van der Waals surface area contributed by atoms with E-state index in [1.807, 2.05) is 0 Å². The van der Waals surface area contributed by atoms with Crippen LogP contribution in [-0.4, -0.2) is 14.3 Å². The minimum absolute atomic E-state index is 0.00801. The molecule has 7 heteroatoms. The Morgan fingerprint density at radius 2 is 2.13 bits per heavy atom. The van der Waals surface area contributed by atoms with Crippen LogP contribution in [0.25, 0.3) is 10.6 Å². The first-order valence-electron chi connectivity index (χ1n) is 4.01. The molecule has 0 aliphatic rings. The summed E-state index contributed by atoms with van der Waals surface area (Å²) in [5.74, 6) is 0.133. The average molecular weight is 222 g/mol. The van der Waals surface area contributed by atoms with Crippen molar-refractivity contribution in [2.24, 2.45) is 0 Å². The second-order valence-electron chi connectivity index (χ2n) is 2.73. The first-order valence-corrected chi connectivity index (χ1v) is 4.79. The molecule has 1 aromatic heterocycles. The van der Waals surface area contributed by atoms with Crippen molar-refractivity contribution in [1.29, 1.82) is 0 Å². The molecule has 0 radical (unpaired) electrons. The molecule has 0 spiro atoms. The predicted molar refractivity (Wildman–Crippen MR) is 56.4 cm³/mol. The van der Waals surface area contributed by atoms with Gasteiger partial charge in [-0.3, -0.25) is 10.1 Å². The van der Waals surface area contributed by atoms with E-state index in [2.05, 4.69) is 9.36 Å². The summed E-state index contributed by atoms with van der Waals surface area (Å²) in [5, 5.41) is 11.2. The van der Waals surface area contributed by atoms with E-state index in [1.54, 1.807) is 18.2 Å². The van der Waals surface area contributed by atoms with E-state index in [-0.39, 0.29) is 11.6 Å². The zero-order chi connectivity index (χ0) is 10.8. The third-order valence-corrected chi connectivity index (χ3v) is 2.54. The minimum atomic E-state index is -0.451. The lowest BCUT2D eigenvalue weighted by Gasteiger charge is -1.96. The Labute approximate surface area is 88.7 Å². The van der Waals surface area contributed by atoms with Crippen molar-refractivity contribution >= 4 is 23.2 Å². The van der Waals surface area contributed by atoms with E-state index < -0.39 is 4.92 Å². The molecule has 2 N–H and O–H groups in total. The van der Waals surface area contributed by atoms with Crippen LogP contribution in [0.15, 0.2) is 24.3 Å². The van der Waals surface area contributed by atoms with Gasteiger partial charge in [-0.05, 0) is 17.6 Å². The molecular weight excluding hydrogens is 216 g/mol. The number of nitrogens with zero attached hydrogens (tertiary/aromatic N) is 3. The summed E-state index contributed by atoms with van der Waals surface area (Å²) in [4.78, 5) is 14.2. The molecule has 0 fully saturated rings. The molecule has 1 aromatic carbocycles. The van der Waals surface area contributed by atoms with E-state index in [1.165, 1.54) is 6.07 Å². The number of hydrogen-bond acceptors (Lipinski definition) is 6. The van der Waals surface area contributed by atoms with Crippen molar-refractivity contribution in [3.63, 3.8) is 0 Å². The molecule has 0 aliphatic carbocycles. The van der Waals surface area contributed by atoms with Gasteiger partial charge in [-0.2, -0.15) is 9.36 Å². The van der Waals surface area contributed by atoms with Gasteiger partial charge in [-0.15, -0.1) is 0 Å². The summed E-state index contributed by atoms with van der Waals surface area (Å²) >= 11 is 1.04. The number of anilines is 1. The smallest absolute Gasteiger partial charge is 0.279 e. The van der Waals surface area contributed by atoms with Gasteiger partial charge in [0.05, 0.1) is 10.5 Å². The van der Waals surface area contributed by atoms with Crippen LogP contribution in [-0.2, 0) is 0 Å². The number of nitro benzene ring substituents is 1. The maximum atomic E-state index is 10.7. The molecule has 76 valence electrons. The molecule has 0 amide bonds. The van der Waals surface area contributed by atoms with E-state index in [0.29, 0.717) is 10.6 Å². The molecule has 0 unspecified atom stereocenters. The van der Waals surface area contributed by atoms with Crippen LogP contribution in [0, 0.1) is 10.1 Å². The summed E-state index contributed by atoms with van der Waals surface area (Å²) < 4.78 is 3.78. The van der Waals surface area contributed by atoms with Crippen LogP contribution in [0.3, 0.4) is 0 Å². The van der Waals surface area contributed by atoms with Gasteiger partial charge in [0.2, 0.25) is 5.95 Å². The molecule has 0 bridgehead atoms. The van der Waals surface area contributed by atoms with Crippen molar-refractivity contribution in [2.45, 2.75) is 0 Å². The van der Waals surface area contributed by atoms with Gasteiger partial charge in [0, 0.05) is 6.07 Å². The average Bonchev–Trinajstić information content (AvgIpc) is 2.65. The fourth-order valence-corrected chi connectivity index (χ4v) is 1.78. The van der Waals surface area contributed by atoms with Crippen LogP contribution >= 0.6 is 11.5 Å². The molecule has 15 heavy (non-hydrogen) atoms. The van der Waals surface area contributed by atoms with Crippen LogP contribution < -0.4 is 5.73 Å². The maximum absolute atomic E-state index is 10.7. The number of nitrogen functional groups attached to an aromatic ring is 1. The van der Waals surface area contributed by atoms with Crippen LogP contribution in [0.5, 0.6) is 0 Å². The van der Waals surface area contributed by atoms with E-state index >= 15 is 0 Å².